The third-order valence-corrected chi connectivity index (χ3v) is 1.56. The van der Waals surface area contributed by atoms with Gasteiger partial charge in [-0.15, -0.1) is 0 Å². The smallest absolute Gasteiger partial charge is 0.407 e. The van der Waals surface area contributed by atoms with E-state index in [1.54, 1.807) is 0 Å². The topological polar surface area (TPSA) is 47.6 Å². The summed E-state index contributed by atoms with van der Waals surface area (Å²) in [4.78, 5) is 11.4. The summed E-state index contributed by atoms with van der Waals surface area (Å²) >= 11 is 0. The number of benzene rings is 1. The predicted molar refractivity (Wildman–Crippen MR) is 59.7 cm³/mol. The van der Waals surface area contributed by atoms with E-state index in [-0.39, 0.29) is 5.31 Å². The molecule has 0 spiro atoms. The second-order valence-corrected chi connectivity index (χ2v) is 2.76. The largest absolute Gasteiger partial charge is 0.490 e. The van der Waals surface area contributed by atoms with Crippen LogP contribution in [0.2, 0.25) is 1.41 Å². The van der Waals surface area contributed by atoms with E-state index in [1.165, 1.54) is 0 Å². The second kappa shape index (κ2) is 4.43. The third-order valence-electron chi connectivity index (χ3n) is 1.56. The van der Waals surface area contributed by atoms with Crippen molar-refractivity contribution in [1.29, 1.82) is 0 Å². The van der Waals surface area contributed by atoms with Gasteiger partial charge in [-0.1, -0.05) is 6.04 Å². The molecular formula is C12H15NO3. The van der Waals surface area contributed by atoms with Gasteiger partial charge in [0.1, 0.15) is 12.4 Å². The summed E-state index contributed by atoms with van der Waals surface area (Å²) in [6.45, 7) is -10.4. The molecule has 1 aromatic rings. The van der Waals surface area contributed by atoms with Crippen LogP contribution in [0.3, 0.4) is 0 Å². The van der Waals surface area contributed by atoms with Crippen molar-refractivity contribution in [2.24, 2.45) is 0 Å². The van der Waals surface area contributed by atoms with Gasteiger partial charge in [0.15, 0.2) is 7.49 Å². The fourth-order valence-electron chi connectivity index (χ4n) is 0.976. The summed E-state index contributed by atoms with van der Waals surface area (Å²) in [7, 11) is 0. The number of nitrogens with one attached hydrogen (secondary N) is 1. The lowest BCUT2D eigenvalue weighted by Gasteiger charge is -2.11. The van der Waals surface area contributed by atoms with E-state index in [4.69, 9.17) is 22.6 Å². The Labute approximate surface area is 113 Å². The molecule has 1 saturated heterocycles. The maximum absolute atomic E-state index is 11.4. The number of carbonyl (C=O) groups excluding carboxylic acids is 1. The van der Waals surface area contributed by atoms with Crippen molar-refractivity contribution in [3.05, 3.63) is 29.3 Å². The second-order valence-electron chi connectivity index (χ2n) is 2.76. The van der Waals surface area contributed by atoms with Crippen molar-refractivity contribution < 1.29 is 32.1 Å². The van der Waals surface area contributed by atoms with Crippen molar-refractivity contribution >= 4 is 6.09 Å². The maximum atomic E-state index is 11.4. The number of alkyl carbamates (subject to hydrolysis) is 1. The maximum Gasteiger partial charge on any atom is 0.407 e. The number of carbonyl (C=O) groups is 1. The highest BCUT2D eigenvalue weighted by Gasteiger charge is 2.22. The number of amides is 1. The molecule has 1 aromatic carbocycles. The molecule has 1 N–H and O–H groups in total. The highest BCUT2D eigenvalue weighted by atomic mass is 16.6. The van der Waals surface area contributed by atoms with Crippen LogP contribution < -0.4 is 10.0 Å². The Bertz CT molecular complexity index is 808. The molecule has 16 heavy (non-hydrogen) atoms. The molecular weight excluding hydrogens is 206 g/mol. The Morgan fingerprint density at radius 3 is 3.06 bits per heavy atom. The lowest BCUT2D eigenvalue weighted by Crippen LogP contribution is -2.21. The molecule has 0 saturated carbocycles. The summed E-state index contributed by atoms with van der Waals surface area (Å²) in [5, 5.41) is -0.249. The molecule has 4 nitrogen and oxygen atoms in total. The van der Waals surface area contributed by atoms with Crippen LogP contribution >= 0.6 is 0 Å². The molecule has 86 valence electrons. The van der Waals surface area contributed by atoms with Crippen LogP contribution in [0.5, 0.6) is 5.75 Å². The number of ether oxygens (including phenoxy) is 2. The molecule has 1 aliphatic rings. The van der Waals surface area contributed by atoms with E-state index >= 15 is 0 Å². The Morgan fingerprint density at radius 1 is 1.75 bits per heavy atom. The SMILES string of the molecule is [2H]c1c(OCC2([2H])OC(=O)N([2H])C2([2H])[2H])c([2H])c(C([2H])([2H])[2H])c([2H])c1C([2H])([2H])[2H]. The Morgan fingerprint density at radius 2 is 2.50 bits per heavy atom. The average Bonchev–Trinajstić information content (AvgIpc) is 2.64. The molecule has 0 radical (unpaired) electrons. The molecule has 0 bridgehead atoms. The van der Waals surface area contributed by atoms with Gasteiger partial charge in [-0.05, 0) is 36.9 Å². The van der Waals surface area contributed by atoms with E-state index in [2.05, 4.69) is 4.74 Å². The van der Waals surface area contributed by atoms with Crippen LogP contribution in [0.1, 0.15) is 27.6 Å². The van der Waals surface area contributed by atoms with E-state index < -0.39 is 74.0 Å². The first-order valence-electron chi connectivity index (χ1n) is 10.6. The summed E-state index contributed by atoms with van der Waals surface area (Å²) < 4.78 is 109. The molecule has 1 amide bonds. The van der Waals surface area contributed by atoms with Gasteiger partial charge in [-0.25, -0.2) is 4.79 Å². The van der Waals surface area contributed by atoms with Gasteiger partial charge < -0.3 is 14.8 Å². The molecule has 1 fully saturated rings. The quantitative estimate of drug-likeness (QED) is 0.867. The van der Waals surface area contributed by atoms with Crippen LogP contribution in [0.15, 0.2) is 18.1 Å². The number of hydrogen-bond acceptors (Lipinski definition) is 3. The lowest BCUT2D eigenvalue weighted by atomic mass is 10.1. The minimum Gasteiger partial charge on any atom is -0.490 e. The molecule has 0 aliphatic carbocycles. The summed E-state index contributed by atoms with van der Waals surface area (Å²) in [6, 6.07) is -3.07. The highest BCUT2D eigenvalue weighted by molar-refractivity contribution is 5.69. The Kier molecular flexibility index (Phi) is 0.873. The normalized spacial score (nSPS) is 40.9. The van der Waals surface area contributed by atoms with Crippen molar-refractivity contribution in [3.63, 3.8) is 0 Å². The fraction of sp³-hybridized carbons (Fsp3) is 0.417. The van der Waals surface area contributed by atoms with Crippen LogP contribution in [0.25, 0.3) is 0 Å². The van der Waals surface area contributed by atoms with E-state index in [0.29, 0.717) is 0 Å². The van der Waals surface area contributed by atoms with Gasteiger partial charge in [0.2, 0.25) is 0 Å². The van der Waals surface area contributed by atoms with Crippen molar-refractivity contribution in [3.8, 4) is 5.75 Å². The minimum atomic E-state index is -3.11. The average molecular weight is 234 g/mol. The Hall–Kier alpha value is -1.71. The summed E-state index contributed by atoms with van der Waals surface area (Å²) in [5.74, 6) is -0.930. The molecule has 1 heterocycles. The van der Waals surface area contributed by atoms with E-state index in [1.807, 2.05) is 0 Å². The van der Waals surface area contributed by atoms with Crippen LogP contribution in [-0.4, -0.2) is 25.3 Å². The van der Waals surface area contributed by atoms with Gasteiger partial charge in [-0.2, -0.15) is 0 Å². The predicted octanol–water partition coefficient (Wildman–Crippen LogP) is 1.79. The Balaban J connectivity index is 2.61. The zero-order chi connectivity index (χ0) is 22.7. The van der Waals surface area contributed by atoms with Gasteiger partial charge >= 0.3 is 6.09 Å². The highest BCUT2D eigenvalue weighted by Crippen LogP contribution is 2.16. The number of cyclic esters (lactones) is 1. The first-order chi connectivity index (χ1) is 12.9. The number of rotatable bonds is 3. The molecule has 0 aromatic heterocycles. The molecule has 4 heteroatoms. The molecule has 1 unspecified atom stereocenters. The molecule has 1 atom stereocenters. The number of hydrogen-bond donors (Lipinski definition) is 1. The van der Waals surface area contributed by atoms with E-state index in [9.17, 15) is 4.79 Å². The third kappa shape index (κ3) is 2.66. The molecule has 1 aliphatic heterocycles. The summed E-state index contributed by atoms with van der Waals surface area (Å²) in [5.41, 5.74) is -2.00. The van der Waals surface area contributed by atoms with Crippen molar-refractivity contribution in [2.75, 3.05) is 13.1 Å². The lowest BCUT2D eigenvalue weighted by molar-refractivity contribution is 0.105. The standard InChI is InChI=1S/C12H15NO3/c1-8-3-9(2)5-10(4-8)15-7-11-6-13-12(14)16-11/h3-5,11H,6-7H2,1-2H3,(H,13,14)/i1D3,2D3,3D,4D,5D,6D2,11D/hD. The first-order valence-corrected chi connectivity index (χ1v) is 4.16. The minimum absolute atomic E-state index is 0.249. The van der Waals surface area contributed by atoms with Crippen LogP contribution in [0.4, 0.5) is 4.79 Å². The van der Waals surface area contributed by atoms with Crippen LogP contribution in [0, 0.1) is 13.7 Å². The van der Waals surface area contributed by atoms with Crippen LogP contribution in [-0.2, 0) is 4.74 Å². The fourth-order valence-corrected chi connectivity index (χ4v) is 0.976. The molecule has 2 rings (SSSR count). The zero-order valence-corrected chi connectivity index (χ0v) is 7.88. The monoisotopic (exact) mass is 234 g/mol. The van der Waals surface area contributed by atoms with Crippen molar-refractivity contribution in [1.82, 2.24) is 5.31 Å². The zero-order valence-electron chi connectivity index (χ0n) is 20.9. The van der Waals surface area contributed by atoms with Gasteiger partial charge in [0.25, 0.3) is 0 Å². The van der Waals surface area contributed by atoms with Gasteiger partial charge in [-0.3, -0.25) is 0 Å². The summed E-state index contributed by atoms with van der Waals surface area (Å²) in [6.07, 6.45) is -4.33. The van der Waals surface area contributed by atoms with Gasteiger partial charge in [0, 0.05) is 8.22 Å². The van der Waals surface area contributed by atoms with Gasteiger partial charge in [0.05, 0.1) is 14.7 Å². The van der Waals surface area contributed by atoms with E-state index in [0.717, 1.165) is 0 Å². The van der Waals surface area contributed by atoms with Crippen molar-refractivity contribution in [2.45, 2.75) is 19.8 Å². The first kappa shape index (κ1) is 3.15.